The Morgan fingerprint density at radius 1 is 1.26 bits per heavy atom. The summed E-state index contributed by atoms with van der Waals surface area (Å²) < 4.78 is 17.2. The molecule has 0 aliphatic heterocycles. The van der Waals surface area contributed by atoms with Crippen molar-refractivity contribution < 1.29 is 23.6 Å². The number of carbonyl (C=O) groups excluding carboxylic acids is 1. The lowest BCUT2D eigenvalue weighted by Gasteiger charge is -2.14. The van der Waals surface area contributed by atoms with E-state index in [0.717, 1.165) is 5.56 Å². The number of non-ortho nitro benzene ring substituents is 1. The van der Waals surface area contributed by atoms with Crippen LogP contribution in [-0.4, -0.2) is 23.7 Å². The van der Waals surface area contributed by atoms with E-state index in [0.29, 0.717) is 28.1 Å². The quantitative estimate of drug-likeness (QED) is 0.265. The van der Waals surface area contributed by atoms with E-state index in [1.807, 2.05) is 6.92 Å². The molecule has 1 heterocycles. The van der Waals surface area contributed by atoms with Crippen LogP contribution in [0.15, 0.2) is 68.8 Å². The smallest absolute Gasteiger partial charge is 0.307 e. The van der Waals surface area contributed by atoms with Crippen molar-refractivity contribution in [2.75, 3.05) is 6.61 Å². The van der Waals surface area contributed by atoms with Gasteiger partial charge in [0.2, 0.25) is 0 Å². The third-order valence-electron chi connectivity index (χ3n) is 3.99. The second-order valence-corrected chi connectivity index (χ2v) is 7.01. The van der Waals surface area contributed by atoms with Crippen molar-refractivity contribution >= 4 is 33.7 Å². The highest BCUT2D eigenvalue weighted by Gasteiger charge is 2.13. The van der Waals surface area contributed by atoms with Gasteiger partial charge in [-0.1, -0.05) is 0 Å². The van der Waals surface area contributed by atoms with Crippen molar-refractivity contribution in [1.29, 1.82) is 0 Å². The second-order valence-electron chi connectivity index (χ2n) is 6.15. The first-order valence-corrected chi connectivity index (χ1v) is 9.96. The Labute approximate surface area is 185 Å². The van der Waals surface area contributed by atoms with Crippen LogP contribution >= 0.6 is 15.9 Å². The molecule has 1 aromatic heterocycles. The summed E-state index contributed by atoms with van der Waals surface area (Å²) in [7, 11) is 0. The zero-order valence-corrected chi connectivity index (χ0v) is 18.0. The number of benzene rings is 2. The van der Waals surface area contributed by atoms with Crippen LogP contribution in [0.2, 0.25) is 0 Å². The van der Waals surface area contributed by atoms with E-state index in [1.165, 1.54) is 30.7 Å². The molecule has 10 heteroatoms. The summed E-state index contributed by atoms with van der Waals surface area (Å²) in [5, 5.41) is 14.7. The first kappa shape index (κ1) is 22.0. The number of nitrogens with zero attached hydrogens (tertiary/aromatic N) is 2. The van der Waals surface area contributed by atoms with E-state index < -0.39 is 10.8 Å². The standard InChI is InChI=1S/C21H18BrN3O6/c1-2-29-19-11-15(12-23-24-21(26)18-4-3-9-30-18)10-17(22)20(19)31-13-14-5-7-16(8-6-14)25(27)28/h3-12H,2,13H2,1H3,(H,24,26)/b23-12-. The van der Waals surface area contributed by atoms with Crippen LogP contribution in [0.1, 0.15) is 28.6 Å². The number of hydrazone groups is 1. The van der Waals surface area contributed by atoms with Crippen LogP contribution in [-0.2, 0) is 6.61 Å². The maximum atomic E-state index is 11.9. The minimum absolute atomic E-state index is 0.0164. The van der Waals surface area contributed by atoms with Gasteiger partial charge in [0.1, 0.15) is 6.61 Å². The van der Waals surface area contributed by atoms with E-state index in [2.05, 4.69) is 26.5 Å². The van der Waals surface area contributed by atoms with Crippen molar-refractivity contribution in [3.63, 3.8) is 0 Å². The molecule has 3 aromatic rings. The average Bonchev–Trinajstić information content (AvgIpc) is 3.29. The Morgan fingerprint density at radius 3 is 2.68 bits per heavy atom. The number of hydrogen-bond acceptors (Lipinski definition) is 7. The lowest BCUT2D eigenvalue weighted by atomic mass is 10.2. The van der Waals surface area contributed by atoms with Crippen LogP contribution < -0.4 is 14.9 Å². The number of nitro groups is 1. The molecule has 1 amide bonds. The van der Waals surface area contributed by atoms with Gasteiger partial charge >= 0.3 is 5.91 Å². The number of furan rings is 1. The Balaban J connectivity index is 1.71. The fourth-order valence-electron chi connectivity index (χ4n) is 2.56. The summed E-state index contributed by atoms with van der Waals surface area (Å²) in [5.41, 5.74) is 3.83. The van der Waals surface area contributed by atoms with Gasteiger partial charge in [0.25, 0.3) is 5.69 Å². The number of amides is 1. The predicted molar refractivity (Wildman–Crippen MR) is 117 cm³/mol. The highest BCUT2D eigenvalue weighted by Crippen LogP contribution is 2.37. The number of nitro benzene ring substituents is 1. The van der Waals surface area contributed by atoms with Crippen molar-refractivity contribution in [3.8, 4) is 11.5 Å². The summed E-state index contributed by atoms with van der Waals surface area (Å²) in [5.74, 6) is 0.659. The zero-order chi connectivity index (χ0) is 22.2. The maximum absolute atomic E-state index is 11.9. The molecule has 0 spiro atoms. The maximum Gasteiger partial charge on any atom is 0.307 e. The minimum atomic E-state index is -0.464. The van der Waals surface area contributed by atoms with Crippen molar-refractivity contribution in [1.82, 2.24) is 5.43 Å². The number of ether oxygens (including phenoxy) is 2. The molecule has 2 aromatic carbocycles. The molecule has 0 atom stereocenters. The average molecular weight is 488 g/mol. The van der Waals surface area contributed by atoms with Gasteiger partial charge in [0.05, 0.1) is 28.5 Å². The monoisotopic (exact) mass is 487 g/mol. The van der Waals surface area contributed by atoms with E-state index in [1.54, 1.807) is 30.3 Å². The SMILES string of the molecule is CCOc1cc(/C=N\NC(=O)c2ccco2)cc(Br)c1OCc1ccc([N+](=O)[O-])cc1. The zero-order valence-electron chi connectivity index (χ0n) is 16.4. The second kappa shape index (κ2) is 10.4. The van der Waals surface area contributed by atoms with Crippen molar-refractivity contribution in [3.05, 3.63) is 86.3 Å². The number of hydrogen-bond donors (Lipinski definition) is 1. The number of rotatable bonds is 9. The largest absolute Gasteiger partial charge is 0.490 e. The minimum Gasteiger partial charge on any atom is -0.490 e. The Hall–Kier alpha value is -3.66. The molecule has 0 saturated carbocycles. The molecule has 0 aliphatic carbocycles. The van der Waals surface area contributed by atoms with Crippen LogP contribution in [0.4, 0.5) is 5.69 Å². The fourth-order valence-corrected chi connectivity index (χ4v) is 3.14. The number of carbonyl (C=O) groups is 1. The molecule has 9 nitrogen and oxygen atoms in total. The molecule has 3 rings (SSSR count). The molecule has 0 unspecified atom stereocenters. The van der Waals surface area contributed by atoms with Gasteiger partial charge in [-0.15, -0.1) is 0 Å². The van der Waals surface area contributed by atoms with Gasteiger partial charge in [-0.25, -0.2) is 5.43 Å². The van der Waals surface area contributed by atoms with Gasteiger partial charge in [-0.05, 0) is 70.4 Å². The van der Waals surface area contributed by atoms with Crippen LogP contribution in [0, 0.1) is 10.1 Å². The highest BCUT2D eigenvalue weighted by atomic mass is 79.9. The number of halogens is 1. The summed E-state index contributed by atoms with van der Waals surface area (Å²) >= 11 is 3.47. The lowest BCUT2D eigenvalue weighted by Crippen LogP contribution is -2.16. The van der Waals surface area contributed by atoms with Crippen molar-refractivity contribution in [2.24, 2.45) is 5.10 Å². The molecule has 1 N–H and O–H groups in total. The summed E-state index contributed by atoms with van der Waals surface area (Å²) in [6.07, 6.45) is 2.87. The first-order chi connectivity index (χ1) is 15.0. The molecule has 0 fully saturated rings. The Morgan fingerprint density at radius 2 is 2.03 bits per heavy atom. The first-order valence-electron chi connectivity index (χ1n) is 9.17. The van der Waals surface area contributed by atoms with Gasteiger partial charge in [0, 0.05) is 12.1 Å². The lowest BCUT2D eigenvalue weighted by molar-refractivity contribution is -0.384. The van der Waals surface area contributed by atoms with E-state index in [4.69, 9.17) is 13.9 Å². The van der Waals surface area contributed by atoms with E-state index >= 15 is 0 Å². The topological polar surface area (TPSA) is 116 Å². The van der Waals surface area contributed by atoms with E-state index in [-0.39, 0.29) is 18.1 Å². The van der Waals surface area contributed by atoms with Gasteiger partial charge < -0.3 is 13.9 Å². The number of nitrogens with one attached hydrogen (secondary N) is 1. The molecule has 0 radical (unpaired) electrons. The van der Waals surface area contributed by atoms with Gasteiger partial charge in [0.15, 0.2) is 17.3 Å². The Kier molecular flexibility index (Phi) is 7.39. The fraction of sp³-hybridized carbons (Fsp3) is 0.143. The van der Waals surface area contributed by atoms with Crippen LogP contribution in [0.25, 0.3) is 0 Å². The molecular formula is C21H18BrN3O6. The molecule has 0 bridgehead atoms. The molecule has 0 saturated heterocycles. The molecular weight excluding hydrogens is 470 g/mol. The van der Waals surface area contributed by atoms with Crippen molar-refractivity contribution in [2.45, 2.75) is 13.5 Å². The predicted octanol–water partition coefficient (Wildman–Crippen LogP) is 4.69. The third-order valence-corrected chi connectivity index (χ3v) is 4.58. The molecule has 31 heavy (non-hydrogen) atoms. The molecule has 160 valence electrons. The summed E-state index contributed by atoms with van der Waals surface area (Å²) in [6, 6.07) is 12.7. The third kappa shape index (κ3) is 5.92. The summed E-state index contributed by atoms with van der Waals surface area (Å²) in [6.45, 7) is 2.46. The van der Waals surface area contributed by atoms with E-state index in [9.17, 15) is 14.9 Å². The Bertz CT molecular complexity index is 1080. The van der Waals surface area contributed by atoms with Gasteiger partial charge in [-0.2, -0.15) is 5.10 Å². The van der Waals surface area contributed by atoms with Crippen LogP contribution in [0.5, 0.6) is 11.5 Å². The van der Waals surface area contributed by atoms with Crippen LogP contribution in [0.3, 0.4) is 0 Å². The normalized spacial score (nSPS) is 10.8. The summed E-state index contributed by atoms with van der Waals surface area (Å²) in [4.78, 5) is 22.2. The molecule has 0 aliphatic rings. The van der Waals surface area contributed by atoms with Gasteiger partial charge in [-0.3, -0.25) is 14.9 Å². The highest BCUT2D eigenvalue weighted by molar-refractivity contribution is 9.10.